The van der Waals surface area contributed by atoms with Crippen molar-refractivity contribution in [1.29, 1.82) is 0 Å². The number of aliphatic hydroxyl groups is 2. The second kappa shape index (κ2) is 18.4. The predicted octanol–water partition coefficient (Wildman–Crippen LogP) is 4.23. The molecule has 2 unspecified atom stereocenters. The predicted molar refractivity (Wildman–Crippen MR) is 103 cm³/mol. The highest BCUT2D eigenvalue weighted by molar-refractivity contribution is 5.69. The quantitative estimate of drug-likeness (QED) is 0.185. The third kappa shape index (κ3) is 16.1. The zero-order valence-corrected chi connectivity index (χ0v) is 16.0. The van der Waals surface area contributed by atoms with Gasteiger partial charge in [0.25, 0.3) is 0 Å². The van der Waals surface area contributed by atoms with Crippen LogP contribution in [0.15, 0.2) is 36.5 Å². The van der Waals surface area contributed by atoms with Crippen LogP contribution in [-0.4, -0.2) is 35.2 Å². The molecule has 5 heteroatoms. The molecule has 0 aromatic rings. The van der Waals surface area contributed by atoms with Gasteiger partial charge in [0.1, 0.15) is 0 Å². The van der Waals surface area contributed by atoms with Crippen LogP contribution < -0.4 is 0 Å². The van der Waals surface area contributed by atoms with Gasteiger partial charge in [-0.2, -0.15) is 5.11 Å². The summed E-state index contributed by atoms with van der Waals surface area (Å²) in [6.07, 6.45) is 18.9. The molecule has 0 aromatic heterocycles. The van der Waals surface area contributed by atoms with E-state index in [-0.39, 0.29) is 6.42 Å². The number of carbonyl (C=O) groups is 1. The van der Waals surface area contributed by atoms with E-state index in [9.17, 15) is 9.90 Å². The van der Waals surface area contributed by atoms with Gasteiger partial charge in [-0.05, 0) is 25.7 Å². The number of allylic oxidation sites excluding steroid dienone is 6. The number of rotatable bonds is 16. The van der Waals surface area contributed by atoms with Gasteiger partial charge in [-0.1, -0.05) is 75.5 Å². The van der Waals surface area contributed by atoms with Gasteiger partial charge in [-0.15, -0.1) is 0 Å². The van der Waals surface area contributed by atoms with Crippen LogP contribution in [0.4, 0.5) is 0 Å². The highest BCUT2D eigenvalue weighted by atomic mass is 16.6. The molecule has 0 heterocycles. The molecule has 0 spiro atoms. The van der Waals surface area contributed by atoms with Crippen molar-refractivity contribution in [2.75, 3.05) is 6.61 Å². The minimum absolute atomic E-state index is 0.208. The van der Waals surface area contributed by atoms with E-state index in [4.69, 9.17) is 14.9 Å². The molecule has 2 N–H and O–H groups in total. The van der Waals surface area contributed by atoms with E-state index in [0.717, 1.165) is 38.5 Å². The normalized spacial score (nSPS) is 13.4. The maximum atomic E-state index is 11.4. The van der Waals surface area contributed by atoms with E-state index in [2.05, 4.69) is 37.3 Å². The first kappa shape index (κ1) is 24.6. The van der Waals surface area contributed by atoms with Gasteiger partial charge in [0.05, 0.1) is 6.61 Å². The van der Waals surface area contributed by atoms with Crippen LogP contribution in [0.25, 0.3) is 0 Å². The third-order valence-electron chi connectivity index (χ3n) is 3.86. The van der Waals surface area contributed by atoms with Gasteiger partial charge >= 0.3 is 5.97 Å². The summed E-state index contributed by atoms with van der Waals surface area (Å²) in [5, 5.41) is 28.3. The number of esters is 1. The molecule has 0 aliphatic heterocycles. The highest BCUT2D eigenvalue weighted by Crippen LogP contribution is 2.09. The monoisotopic (exact) mass is 367 g/mol. The molecule has 0 rings (SSSR count). The Morgan fingerprint density at radius 2 is 1.50 bits per heavy atom. The number of unbranched alkanes of at least 4 members (excludes halogenated alkanes) is 7. The van der Waals surface area contributed by atoms with Crippen molar-refractivity contribution in [1.82, 2.24) is 0 Å². The van der Waals surface area contributed by atoms with Gasteiger partial charge in [0.2, 0.25) is 6.29 Å². The van der Waals surface area contributed by atoms with E-state index in [0.29, 0.717) is 6.42 Å². The summed E-state index contributed by atoms with van der Waals surface area (Å²) >= 11 is 0. The molecule has 0 fully saturated rings. The Morgan fingerprint density at radius 1 is 0.923 bits per heavy atom. The Balaban J connectivity index is 3.50. The molecule has 0 saturated carbocycles. The van der Waals surface area contributed by atoms with Crippen LogP contribution in [0.1, 0.15) is 71.1 Å². The number of carbonyl (C=O) groups excluding carboxylic acids is 1. The summed E-state index contributed by atoms with van der Waals surface area (Å²) in [6.45, 7) is 1.53. The fourth-order valence-electron chi connectivity index (χ4n) is 2.28. The molecule has 149 valence electrons. The van der Waals surface area contributed by atoms with E-state index in [1.165, 1.54) is 12.8 Å². The Bertz CT molecular complexity index is 413. The summed E-state index contributed by atoms with van der Waals surface area (Å²) in [5.41, 5.74) is 0. The molecule has 1 radical (unpaired) electrons. The average molecular weight is 368 g/mol. The van der Waals surface area contributed by atoms with Gasteiger partial charge in [0.15, 0.2) is 6.10 Å². The lowest BCUT2D eigenvalue weighted by Gasteiger charge is -2.15. The second-order valence-electron chi connectivity index (χ2n) is 6.29. The van der Waals surface area contributed by atoms with Gasteiger partial charge in [0, 0.05) is 6.42 Å². The Hall–Kier alpha value is -1.43. The summed E-state index contributed by atoms with van der Waals surface area (Å²) in [7, 11) is 0. The number of ether oxygens (including phenoxy) is 1. The molecule has 2 atom stereocenters. The largest absolute Gasteiger partial charge is 0.454 e. The van der Waals surface area contributed by atoms with Crippen molar-refractivity contribution in [3.63, 3.8) is 0 Å². The first-order valence-electron chi connectivity index (χ1n) is 9.74. The molecule has 0 aliphatic carbocycles. The Morgan fingerprint density at radius 3 is 2.08 bits per heavy atom. The van der Waals surface area contributed by atoms with Gasteiger partial charge in [-0.25, -0.2) is 0 Å². The lowest BCUT2D eigenvalue weighted by atomic mass is 10.1. The lowest BCUT2D eigenvalue weighted by molar-refractivity contribution is -0.197. The molecule has 26 heavy (non-hydrogen) atoms. The average Bonchev–Trinajstić information content (AvgIpc) is 2.62. The van der Waals surface area contributed by atoms with Crippen LogP contribution in [0.2, 0.25) is 0 Å². The molecule has 0 amide bonds. The topological polar surface area (TPSA) is 86.7 Å². The maximum Gasteiger partial charge on any atom is 0.306 e. The van der Waals surface area contributed by atoms with Crippen LogP contribution in [0, 0.1) is 0 Å². The first-order valence-corrected chi connectivity index (χ1v) is 9.74. The molecular formula is C21H35O5. The van der Waals surface area contributed by atoms with Crippen LogP contribution in [0.3, 0.4) is 0 Å². The SMILES string of the molecule is CCCC/C=C/C=C/C=C\CCCCCCCC(=O)OC(CO)C([O])O. The van der Waals surface area contributed by atoms with Crippen molar-refractivity contribution in [2.45, 2.75) is 83.5 Å². The highest BCUT2D eigenvalue weighted by Gasteiger charge is 2.21. The standard InChI is InChI=1S/C21H35O5/c1-2-3-4-5-6-7-8-9-10-11-12-13-14-15-16-17-20(23)26-19(18-22)21(24)25/h5-10,19,21-22,24H,2-4,11-18H2,1H3/b6-5+,8-7+,10-9-. The number of hydrogen-bond acceptors (Lipinski definition) is 4. The first-order chi connectivity index (χ1) is 12.6. The summed E-state index contributed by atoms with van der Waals surface area (Å²) in [6, 6.07) is 0. The zero-order chi connectivity index (χ0) is 19.5. The minimum Gasteiger partial charge on any atom is -0.454 e. The van der Waals surface area contributed by atoms with Crippen molar-refractivity contribution < 1.29 is 24.9 Å². The zero-order valence-electron chi connectivity index (χ0n) is 16.0. The minimum atomic E-state index is -2.09. The number of hydrogen-bond donors (Lipinski definition) is 2. The summed E-state index contributed by atoms with van der Waals surface area (Å²) < 4.78 is 4.71. The van der Waals surface area contributed by atoms with E-state index < -0.39 is 25.0 Å². The summed E-state index contributed by atoms with van der Waals surface area (Å²) in [4.78, 5) is 11.4. The van der Waals surface area contributed by atoms with Crippen molar-refractivity contribution in [3.05, 3.63) is 36.5 Å². The van der Waals surface area contributed by atoms with Gasteiger partial charge < -0.3 is 14.9 Å². The fourth-order valence-corrected chi connectivity index (χ4v) is 2.28. The summed E-state index contributed by atoms with van der Waals surface area (Å²) in [5.74, 6) is -0.544. The Kier molecular flexibility index (Phi) is 17.4. The molecule has 0 aliphatic rings. The number of aliphatic hydroxyl groups excluding tert-OH is 2. The molecular weight excluding hydrogens is 332 g/mol. The molecule has 0 bridgehead atoms. The smallest absolute Gasteiger partial charge is 0.306 e. The lowest BCUT2D eigenvalue weighted by Crippen LogP contribution is -2.33. The van der Waals surface area contributed by atoms with Crippen LogP contribution in [0.5, 0.6) is 0 Å². The van der Waals surface area contributed by atoms with E-state index >= 15 is 0 Å². The van der Waals surface area contributed by atoms with Crippen LogP contribution in [-0.2, 0) is 14.6 Å². The molecule has 0 saturated heterocycles. The fraction of sp³-hybridized carbons (Fsp3) is 0.667. The van der Waals surface area contributed by atoms with E-state index in [1.807, 2.05) is 6.08 Å². The molecule has 0 aromatic carbocycles. The van der Waals surface area contributed by atoms with E-state index in [1.54, 1.807) is 0 Å². The van der Waals surface area contributed by atoms with Crippen molar-refractivity contribution in [3.8, 4) is 0 Å². The van der Waals surface area contributed by atoms with Crippen molar-refractivity contribution in [2.24, 2.45) is 0 Å². The van der Waals surface area contributed by atoms with Crippen LogP contribution >= 0.6 is 0 Å². The third-order valence-corrected chi connectivity index (χ3v) is 3.86. The Labute approximate surface area is 158 Å². The maximum absolute atomic E-state index is 11.4. The van der Waals surface area contributed by atoms with Crippen molar-refractivity contribution >= 4 is 5.97 Å². The van der Waals surface area contributed by atoms with Gasteiger partial charge in [-0.3, -0.25) is 4.79 Å². The molecule has 5 nitrogen and oxygen atoms in total. The second-order valence-corrected chi connectivity index (χ2v) is 6.29.